The lowest BCUT2D eigenvalue weighted by Gasteiger charge is -2.20. The molecule has 7 nitrogen and oxygen atoms in total. The van der Waals surface area contributed by atoms with E-state index in [0.717, 1.165) is 27.2 Å². The van der Waals surface area contributed by atoms with Gasteiger partial charge in [0.05, 0.1) is 22.4 Å². The van der Waals surface area contributed by atoms with E-state index in [1.54, 1.807) is 27.7 Å². The number of hydrazone groups is 1. The van der Waals surface area contributed by atoms with Crippen molar-refractivity contribution in [2.75, 3.05) is 11.5 Å². The number of thiophene rings is 2. The monoisotopic (exact) mass is 417 g/mol. The fourth-order valence-corrected chi connectivity index (χ4v) is 5.02. The second-order valence-corrected chi connectivity index (χ2v) is 8.65. The van der Waals surface area contributed by atoms with Gasteiger partial charge >= 0.3 is 0 Å². The van der Waals surface area contributed by atoms with Crippen LogP contribution in [-0.2, 0) is 4.79 Å². The largest absolute Gasteiger partial charge is 0.383 e. The molecule has 0 saturated carbocycles. The van der Waals surface area contributed by atoms with Crippen LogP contribution in [0, 0.1) is 0 Å². The molecule has 0 aliphatic carbocycles. The Hall–Kier alpha value is -2.43. The molecule has 0 saturated heterocycles. The third-order valence-corrected chi connectivity index (χ3v) is 6.67. The van der Waals surface area contributed by atoms with Crippen molar-refractivity contribution >= 4 is 51.9 Å². The molecule has 0 bridgehead atoms. The Bertz CT molecular complexity index is 1030. The van der Waals surface area contributed by atoms with Crippen LogP contribution in [0.2, 0.25) is 0 Å². The van der Waals surface area contributed by atoms with Crippen LogP contribution in [0.1, 0.15) is 22.2 Å². The summed E-state index contributed by atoms with van der Waals surface area (Å²) < 4.78 is 0. The van der Waals surface area contributed by atoms with Gasteiger partial charge in [0.15, 0.2) is 5.16 Å². The van der Waals surface area contributed by atoms with Crippen molar-refractivity contribution < 1.29 is 4.79 Å². The Morgan fingerprint density at radius 1 is 1.33 bits per heavy atom. The number of carbonyl (C=O) groups is 1. The third kappa shape index (κ3) is 3.97. The molecule has 3 aromatic heterocycles. The molecule has 1 atom stereocenters. The van der Waals surface area contributed by atoms with Crippen LogP contribution >= 0.6 is 34.4 Å². The Balaban J connectivity index is 1.54. The fraction of sp³-hybridized carbons (Fsp3) is 0.176. The van der Waals surface area contributed by atoms with E-state index in [1.165, 1.54) is 6.07 Å². The molecule has 138 valence electrons. The number of aromatic nitrogens is 2. The maximum Gasteiger partial charge on any atom is 0.253 e. The van der Waals surface area contributed by atoms with Crippen molar-refractivity contribution in [3.05, 3.63) is 61.2 Å². The highest BCUT2D eigenvalue weighted by Crippen LogP contribution is 2.36. The van der Waals surface area contributed by atoms with Crippen molar-refractivity contribution in [1.29, 1.82) is 0 Å². The molecule has 4 heterocycles. The number of thioether (sulfide) groups is 1. The Kier molecular flexibility index (Phi) is 5.10. The molecule has 3 N–H and O–H groups in total. The van der Waals surface area contributed by atoms with Crippen molar-refractivity contribution in [2.45, 2.75) is 17.6 Å². The molecular weight excluding hydrogens is 402 g/mol. The van der Waals surface area contributed by atoms with Crippen molar-refractivity contribution in [3.8, 4) is 0 Å². The summed E-state index contributed by atoms with van der Waals surface area (Å²) >= 11 is 4.37. The van der Waals surface area contributed by atoms with Gasteiger partial charge in [-0.1, -0.05) is 23.9 Å². The number of nitrogens with one attached hydrogen (secondary N) is 1. The molecule has 1 aliphatic heterocycles. The molecule has 10 heteroatoms. The van der Waals surface area contributed by atoms with E-state index < -0.39 is 0 Å². The number of carbonyl (C=O) groups excluding carboxylic acids is 1. The van der Waals surface area contributed by atoms with Gasteiger partial charge in [0, 0.05) is 17.4 Å². The molecule has 0 aromatic carbocycles. The number of H-pyrrole nitrogens is 1. The predicted octanol–water partition coefficient (Wildman–Crippen LogP) is 2.95. The van der Waals surface area contributed by atoms with Gasteiger partial charge in [-0.05, 0) is 22.9 Å². The quantitative estimate of drug-likeness (QED) is 0.491. The summed E-state index contributed by atoms with van der Waals surface area (Å²) in [7, 11) is 0. The van der Waals surface area contributed by atoms with E-state index in [0.29, 0.717) is 11.6 Å². The van der Waals surface area contributed by atoms with Gasteiger partial charge in [-0.25, -0.2) is 9.99 Å². The van der Waals surface area contributed by atoms with Crippen LogP contribution in [0.15, 0.2) is 56.1 Å². The molecule has 4 rings (SSSR count). The van der Waals surface area contributed by atoms with Crippen LogP contribution < -0.4 is 11.3 Å². The number of aromatic amines is 1. The van der Waals surface area contributed by atoms with E-state index in [2.05, 4.69) is 15.1 Å². The molecule has 1 aliphatic rings. The first-order chi connectivity index (χ1) is 13.1. The van der Waals surface area contributed by atoms with Gasteiger partial charge in [0.1, 0.15) is 5.82 Å². The lowest BCUT2D eigenvalue weighted by molar-refractivity contribution is -0.130. The normalized spacial score (nSPS) is 16.5. The van der Waals surface area contributed by atoms with Crippen molar-refractivity contribution in [1.82, 2.24) is 15.0 Å². The highest BCUT2D eigenvalue weighted by Gasteiger charge is 2.34. The first kappa shape index (κ1) is 18.0. The average Bonchev–Trinajstić information content (AvgIpc) is 3.39. The van der Waals surface area contributed by atoms with Crippen molar-refractivity contribution in [3.63, 3.8) is 0 Å². The minimum absolute atomic E-state index is 0.107. The Morgan fingerprint density at radius 3 is 2.85 bits per heavy atom. The summed E-state index contributed by atoms with van der Waals surface area (Å²) in [6, 6.07) is 9.08. The summed E-state index contributed by atoms with van der Waals surface area (Å²) in [5.74, 6) is 0.0922. The molecule has 1 amide bonds. The molecular formula is C17H15N5O2S3. The van der Waals surface area contributed by atoms with Gasteiger partial charge in [-0.15, -0.1) is 22.7 Å². The van der Waals surface area contributed by atoms with Crippen LogP contribution in [0.3, 0.4) is 0 Å². The summed E-state index contributed by atoms with van der Waals surface area (Å²) in [5.41, 5.74) is 6.16. The molecule has 0 spiro atoms. The van der Waals surface area contributed by atoms with Gasteiger partial charge in [-0.3, -0.25) is 9.59 Å². The predicted molar refractivity (Wildman–Crippen MR) is 109 cm³/mol. The standard InChI is InChI=1S/C17H15N5O2S3/c18-14-8-15(23)20-17(19-14)27-9-16(24)22-11(13-4-2-6-26-13)7-10(21-22)12-3-1-5-25-12/h1-6,8,11H,7,9H2,(H3,18,19,20,23)/t11-/m1/s1. The lowest BCUT2D eigenvalue weighted by Crippen LogP contribution is -2.28. The van der Waals surface area contributed by atoms with Gasteiger partial charge in [-0.2, -0.15) is 5.10 Å². The topological polar surface area (TPSA) is 104 Å². The Morgan fingerprint density at radius 2 is 2.15 bits per heavy atom. The number of rotatable bonds is 5. The second-order valence-electron chi connectivity index (χ2n) is 5.76. The molecule has 0 radical (unpaired) electrons. The molecule has 3 aromatic rings. The SMILES string of the molecule is Nc1cc(=O)[nH]c(SCC(=O)N2N=C(c3cccs3)C[C@@H]2c2cccs2)n1. The lowest BCUT2D eigenvalue weighted by atomic mass is 10.1. The Labute approximate surface area is 166 Å². The molecule has 0 fully saturated rings. The minimum Gasteiger partial charge on any atom is -0.383 e. The van der Waals surface area contributed by atoms with E-state index in [9.17, 15) is 9.59 Å². The van der Waals surface area contributed by atoms with E-state index in [-0.39, 0.29) is 29.1 Å². The zero-order valence-corrected chi connectivity index (χ0v) is 16.4. The number of anilines is 1. The first-order valence-corrected chi connectivity index (χ1v) is 10.8. The number of nitrogen functional groups attached to an aromatic ring is 1. The van der Waals surface area contributed by atoms with E-state index >= 15 is 0 Å². The number of hydrogen-bond acceptors (Lipinski definition) is 8. The second kappa shape index (κ2) is 7.67. The van der Waals surface area contributed by atoms with E-state index in [4.69, 9.17) is 5.73 Å². The third-order valence-electron chi connectivity index (χ3n) is 3.92. The molecule has 27 heavy (non-hydrogen) atoms. The van der Waals surface area contributed by atoms with Gasteiger partial charge < -0.3 is 10.7 Å². The zero-order chi connectivity index (χ0) is 18.8. The maximum absolute atomic E-state index is 12.9. The summed E-state index contributed by atoms with van der Waals surface area (Å²) in [4.78, 5) is 33.1. The fourth-order valence-electron chi connectivity index (χ4n) is 2.75. The smallest absolute Gasteiger partial charge is 0.253 e. The van der Waals surface area contributed by atoms with Crippen LogP contribution in [0.25, 0.3) is 0 Å². The van der Waals surface area contributed by atoms with E-state index in [1.807, 2.05) is 35.0 Å². The zero-order valence-electron chi connectivity index (χ0n) is 14.0. The van der Waals surface area contributed by atoms with Crippen LogP contribution in [0.5, 0.6) is 0 Å². The summed E-state index contributed by atoms with van der Waals surface area (Å²) in [6.45, 7) is 0. The number of hydrogen-bond donors (Lipinski definition) is 2. The summed E-state index contributed by atoms with van der Waals surface area (Å²) in [5, 5.41) is 10.5. The average molecular weight is 418 g/mol. The van der Waals surface area contributed by atoms with Crippen molar-refractivity contribution in [2.24, 2.45) is 5.10 Å². The van der Waals surface area contributed by atoms with Crippen LogP contribution in [-0.4, -0.2) is 32.3 Å². The highest BCUT2D eigenvalue weighted by atomic mass is 32.2. The highest BCUT2D eigenvalue weighted by molar-refractivity contribution is 7.99. The first-order valence-electron chi connectivity index (χ1n) is 8.06. The molecule has 0 unspecified atom stereocenters. The minimum atomic E-state index is -0.340. The number of nitrogens with zero attached hydrogens (tertiary/aromatic N) is 3. The van der Waals surface area contributed by atoms with Crippen LogP contribution in [0.4, 0.5) is 5.82 Å². The summed E-state index contributed by atoms with van der Waals surface area (Å²) in [6.07, 6.45) is 0.685. The van der Waals surface area contributed by atoms with Gasteiger partial charge in [0.25, 0.3) is 11.5 Å². The maximum atomic E-state index is 12.9. The van der Waals surface area contributed by atoms with Gasteiger partial charge in [0.2, 0.25) is 0 Å². The number of nitrogens with two attached hydrogens (primary N) is 1. The number of amides is 1.